The lowest BCUT2D eigenvalue weighted by molar-refractivity contribution is -0.138. The lowest BCUT2D eigenvalue weighted by atomic mass is 9.48. The van der Waals surface area contributed by atoms with Gasteiger partial charge in [-0.2, -0.15) is 5.26 Å². The first-order valence-electron chi connectivity index (χ1n) is 9.59. The Morgan fingerprint density at radius 3 is 2.08 bits per heavy atom. The molecule has 0 heterocycles. The second kappa shape index (κ2) is 6.42. The van der Waals surface area contributed by atoms with Gasteiger partial charge in [-0.25, -0.2) is 0 Å². The number of carbonyl (C=O) groups excluding carboxylic acids is 2. The van der Waals surface area contributed by atoms with E-state index in [1.165, 1.54) is 38.5 Å². The quantitative estimate of drug-likeness (QED) is 0.820. The highest BCUT2D eigenvalue weighted by Crippen LogP contribution is 2.61. The van der Waals surface area contributed by atoms with Crippen molar-refractivity contribution in [3.05, 3.63) is 29.8 Å². The maximum Gasteiger partial charge on any atom is 0.313 e. The van der Waals surface area contributed by atoms with Gasteiger partial charge in [-0.3, -0.25) is 9.59 Å². The lowest BCUT2D eigenvalue weighted by Gasteiger charge is -2.59. The Balaban J connectivity index is 1.38. The smallest absolute Gasteiger partial charge is 0.313 e. The predicted octanol–water partition coefficient (Wildman–Crippen LogP) is 3.22. The van der Waals surface area contributed by atoms with Crippen molar-refractivity contribution >= 4 is 17.5 Å². The molecule has 5 nitrogen and oxygen atoms in total. The number of hydrogen-bond donors (Lipinski definition) is 2. The second-order valence-corrected chi connectivity index (χ2v) is 8.62. The maximum absolute atomic E-state index is 12.4. The van der Waals surface area contributed by atoms with Gasteiger partial charge < -0.3 is 10.6 Å². The molecule has 0 aromatic heterocycles. The van der Waals surface area contributed by atoms with E-state index in [4.69, 9.17) is 5.26 Å². The summed E-state index contributed by atoms with van der Waals surface area (Å²) in [4.78, 5) is 24.6. The van der Waals surface area contributed by atoms with Crippen LogP contribution in [0.5, 0.6) is 0 Å². The van der Waals surface area contributed by atoms with E-state index in [0.29, 0.717) is 11.3 Å². The van der Waals surface area contributed by atoms with Crippen LogP contribution in [-0.2, 0) is 9.59 Å². The molecule has 0 radical (unpaired) electrons. The van der Waals surface area contributed by atoms with Crippen LogP contribution in [0.4, 0.5) is 5.69 Å². The Morgan fingerprint density at radius 2 is 1.58 bits per heavy atom. The molecule has 1 aromatic rings. The lowest BCUT2D eigenvalue weighted by Crippen LogP contribution is -2.57. The topological polar surface area (TPSA) is 82.0 Å². The molecule has 2 N–H and O–H groups in total. The Morgan fingerprint density at radius 1 is 1.04 bits per heavy atom. The third kappa shape index (κ3) is 3.09. The average Bonchev–Trinajstić information content (AvgIpc) is 2.61. The summed E-state index contributed by atoms with van der Waals surface area (Å²) in [6.45, 7) is 2.07. The van der Waals surface area contributed by atoms with Gasteiger partial charge in [0.1, 0.15) is 0 Å². The summed E-state index contributed by atoms with van der Waals surface area (Å²) < 4.78 is 0. The number of anilines is 1. The zero-order chi connectivity index (χ0) is 18.3. The van der Waals surface area contributed by atoms with Crippen LogP contribution in [0.15, 0.2) is 24.3 Å². The van der Waals surface area contributed by atoms with Crippen LogP contribution < -0.4 is 10.6 Å². The molecule has 1 aromatic carbocycles. The minimum Gasteiger partial charge on any atom is -0.345 e. The van der Waals surface area contributed by atoms with Gasteiger partial charge in [0.15, 0.2) is 0 Å². The fourth-order valence-corrected chi connectivity index (χ4v) is 5.94. The minimum atomic E-state index is -0.647. The summed E-state index contributed by atoms with van der Waals surface area (Å²) in [5.74, 6) is 1.22. The van der Waals surface area contributed by atoms with Crippen LogP contribution in [0, 0.1) is 34.5 Å². The first-order chi connectivity index (χ1) is 12.5. The Labute approximate surface area is 154 Å². The summed E-state index contributed by atoms with van der Waals surface area (Å²) >= 11 is 0. The van der Waals surface area contributed by atoms with Gasteiger partial charge in [-0.05, 0) is 92.9 Å². The van der Waals surface area contributed by atoms with Crippen LogP contribution >= 0.6 is 0 Å². The zero-order valence-electron chi connectivity index (χ0n) is 15.1. The van der Waals surface area contributed by atoms with Gasteiger partial charge in [0, 0.05) is 11.7 Å². The monoisotopic (exact) mass is 351 g/mol. The molecule has 1 atom stereocenters. The van der Waals surface area contributed by atoms with Gasteiger partial charge in [0.05, 0.1) is 11.6 Å². The number of amides is 2. The molecular formula is C21H25N3O2. The van der Waals surface area contributed by atoms with Crippen molar-refractivity contribution in [2.24, 2.45) is 23.2 Å². The number of carbonyl (C=O) groups is 2. The van der Waals surface area contributed by atoms with E-state index in [0.717, 1.165) is 17.8 Å². The normalized spacial score (nSPS) is 32.5. The van der Waals surface area contributed by atoms with E-state index >= 15 is 0 Å². The van der Waals surface area contributed by atoms with Crippen molar-refractivity contribution < 1.29 is 9.59 Å². The molecule has 2 amide bonds. The molecule has 0 spiro atoms. The molecular weight excluding hydrogens is 326 g/mol. The van der Waals surface area contributed by atoms with E-state index in [1.54, 1.807) is 24.3 Å². The highest BCUT2D eigenvalue weighted by Gasteiger charge is 2.53. The van der Waals surface area contributed by atoms with Crippen LogP contribution in [0.2, 0.25) is 0 Å². The Kier molecular flexibility index (Phi) is 4.22. The van der Waals surface area contributed by atoms with E-state index in [2.05, 4.69) is 17.6 Å². The van der Waals surface area contributed by atoms with E-state index < -0.39 is 11.8 Å². The molecule has 4 bridgehead atoms. The summed E-state index contributed by atoms with van der Waals surface area (Å²) in [7, 11) is 0. The Bertz CT molecular complexity index is 727. The van der Waals surface area contributed by atoms with Crippen LogP contribution in [-0.4, -0.2) is 17.9 Å². The van der Waals surface area contributed by atoms with Crippen molar-refractivity contribution in [3.63, 3.8) is 0 Å². The van der Waals surface area contributed by atoms with Gasteiger partial charge in [-0.1, -0.05) is 0 Å². The van der Waals surface area contributed by atoms with Gasteiger partial charge in [0.2, 0.25) is 0 Å². The van der Waals surface area contributed by atoms with Crippen molar-refractivity contribution in [2.75, 3.05) is 5.32 Å². The van der Waals surface area contributed by atoms with Gasteiger partial charge in [-0.15, -0.1) is 0 Å². The fraction of sp³-hybridized carbons (Fsp3) is 0.571. The number of nitrogens with one attached hydrogen (secondary N) is 2. The maximum atomic E-state index is 12.4. The molecule has 4 saturated carbocycles. The number of rotatable bonds is 3. The molecule has 0 aliphatic heterocycles. The van der Waals surface area contributed by atoms with E-state index in [1.807, 2.05) is 6.07 Å². The van der Waals surface area contributed by atoms with Crippen molar-refractivity contribution in [1.29, 1.82) is 5.26 Å². The highest BCUT2D eigenvalue weighted by atomic mass is 16.2. The predicted molar refractivity (Wildman–Crippen MR) is 98.0 cm³/mol. The molecule has 1 unspecified atom stereocenters. The third-order valence-corrected chi connectivity index (χ3v) is 6.83. The summed E-state index contributed by atoms with van der Waals surface area (Å²) in [6.07, 6.45) is 7.66. The first-order valence-corrected chi connectivity index (χ1v) is 9.59. The fourth-order valence-electron chi connectivity index (χ4n) is 5.94. The molecule has 0 saturated heterocycles. The number of benzene rings is 1. The summed E-state index contributed by atoms with van der Waals surface area (Å²) in [6, 6.07) is 8.55. The average molecular weight is 351 g/mol. The zero-order valence-corrected chi connectivity index (χ0v) is 15.1. The Hall–Kier alpha value is -2.35. The second-order valence-electron chi connectivity index (χ2n) is 8.62. The number of nitriles is 1. The molecule has 4 aliphatic rings. The van der Waals surface area contributed by atoms with Crippen LogP contribution in [0.25, 0.3) is 0 Å². The van der Waals surface area contributed by atoms with Crippen molar-refractivity contribution in [2.45, 2.75) is 51.5 Å². The first kappa shape index (κ1) is 17.1. The van der Waals surface area contributed by atoms with Crippen LogP contribution in [0.3, 0.4) is 0 Å². The minimum absolute atomic E-state index is 0.0233. The van der Waals surface area contributed by atoms with Crippen LogP contribution in [0.1, 0.15) is 51.0 Å². The molecule has 4 aliphatic carbocycles. The molecule has 136 valence electrons. The molecule has 4 fully saturated rings. The van der Waals surface area contributed by atoms with Crippen molar-refractivity contribution in [3.8, 4) is 6.07 Å². The number of hydrogen-bond acceptors (Lipinski definition) is 3. The standard InChI is InChI=1S/C21H25N3O2/c1-13(21-9-15-6-16(10-21)8-17(7-15)11-21)23-19(25)20(26)24-18-4-2-14(12-22)3-5-18/h2-5,13,15-17H,6-11H2,1H3,(H,23,25)(H,24,26). The van der Waals surface area contributed by atoms with Gasteiger partial charge in [0.25, 0.3) is 0 Å². The SMILES string of the molecule is CC(NC(=O)C(=O)Nc1ccc(C#N)cc1)C12CC3CC(CC(C3)C1)C2. The number of nitrogens with zero attached hydrogens (tertiary/aromatic N) is 1. The van der Waals surface area contributed by atoms with Gasteiger partial charge >= 0.3 is 11.8 Å². The summed E-state index contributed by atoms with van der Waals surface area (Å²) in [5.41, 5.74) is 1.22. The van der Waals surface area contributed by atoms with E-state index in [-0.39, 0.29) is 11.5 Å². The summed E-state index contributed by atoms with van der Waals surface area (Å²) in [5, 5.41) is 14.4. The molecule has 5 rings (SSSR count). The molecule has 5 heteroatoms. The third-order valence-electron chi connectivity index (χ3n) is 6.83. The molecule has 26 heavy (non-hydrogen) atoms. The highest BCUT2D eigenvalue weighted by molar-refractivity contribution is 6.39. The largest absolute Gasteiger partial charge is 0.345 e. The van der Waals surface area contributed by atoms with Crippen molar-refractivity contribution in [1.82, 2.24) is 5.32 Å². The van der Waals surface area contributed by atoms with E-state index in [9.17, 15) is 9.59 Å².